The summed E-state index contributed by atoms with van der Waals surface area (Å²) in [4.78, 5) is 30.8. The predicted octanol–water partition coefficient (Wildman–Crippen LogP) is 3.86. The molecule has 300 valence electrons. The van der Waals surface area contributed by atoms with Crippen LogP contribution in [0.1, 0.15) is 31.8 Å². The number of amides is 2. The fourth-order valence-corrected chi connectivity index (χ4v) is 8.53. The first-order valence-electron chi connectivity index (χ1n) is 15.7. The molecule has 0 aliphatic carbocycles. The first kappa shape index (κ1) is 41.3. The Morgan fingerprint density at radius 2 is 0.845 bits per heavy atom. The van der Waals surface area contributed by atoms with Crippen LogP contribution in [0.5, 0.6) is 11.5 Å². The molecule has 0 saturated heterocycles. The number of rotatable bonds is 10. The maximum absolute atomic E-state index is 13.2. The molecule has 24 heteroatoms. The molecule has 2 amide bonds. The molecule has 0 atom stereocenters. The number of carbonyl (C=O) groups is 2. The monoisotopic (exact) mass is 872 g/mol. The Morgan fingerprint density at radius 1 is 0.500 bits per heavy atom. The third-order valence-electron chi connectivity index (χ3n) is 8.24. The van der Waals surface area contributed by atoms with Gasteiger partial charge >= 0.3 is 0 Å². The van der Waals surface area contributed by atoms with Gasteiger partial charge in [-0.1, -0.05) is 24.3 Å². The summed E-state index contributed by atoms with van der Waals surface area (Å²) in [5, 5.41) is 25.4. The van der Waals surface area contributed by atoms with Gasteiger partial charge in [0.25, 0.3) is 52.3 Å². The van der Waals surface area contributed by atoms with Gasteiger partial charge in [-0.3, -0.25) is 37.8 Å². The second-order valence-corrected chi connectivity index (χ2v) is 17.5. The van der Waals surface area contributed by atoms with Crippen LogP contribution >= 0.6 is 0 Å². The summed E-state index contributed by atoms with van der Waals surface area (Å²) in [5.74, 6) is -3.97. The molecule has 58 heavy (non-hydrogen) atoms. The van der Waals surface area contributed by atoms with Crippen molar-refractivity contribution in [1.82, 2.24) is 9.97 Å². The van der Waals surface area contributed by atoms with Crippen LogP contribution in [0.4, 0.5) is 11.4 Å². The first-order chi connectivity index (χ1) is 26.9. The van der Waals surface area contributed by atoms with Crippen LogP contribution in [0.3, 0.4) is 0 Å². The maximum Gasteiger partial charge on any atom is 0.295 e. The van der Waals surface area contributed by atoms with Gasteiger partial charge in [-0.2, -0.15) is 33.7 Å². The van der Waals surface area contributed by atoms with E-state index < -0.39 is 94.5 Å². The van der Waals surface area contributed by atoms with Crippen molar-refractivity contribution >= 4 is 97.6 Å². The second-order valence-electron chi connectivity index (χ2n) is 12.0. The summed E-state index contributed by atoms with van der Waals surface area (Å²) in [6.45, 7) is 0. The van der Waals surface area contributed by atoms with Crippen LogP contribution < -0.4 is 10.6 Å². The summed E-state index contributed by atoms with van der Waals surface area (Å²) in [6, 6.07) is 12.2. The van der Waals surface area contributed by atoms with E-state index in [-0.39, 0.29) is 44.3 Å². The highest BCUT2D eigenvalue weighted by Crippen LogP contribution is 2.35. The Labute approximate surface area is 327 Å². The van der Waals surface area contributed by atoms with Crippen molar-refractivity contribution in [2.75, 3.05) is 10.6 Å². The molecule has 2 heterocycles. The molecular weight excluding hydrogens is 849 g/mol. The summed E-state index contributed by atoms with van der Waals surface area (Å²) >= 11 is 0. The lowest BCUT2D eigenvalue weighted by Gasteiger charge is -2.13. The summed E-state index contributed by atoms with van der Waals surface area (Å²) in [7, 11) is -20.1. The number of aromatic nitrogens is 2. The molecule has 6 aromatic rings. The van der Waals surface area contributed by atoms with Gasteiger partial charge in [-0.25, -0.2) is 0 Å². The molecular formula is C34H24N4O16S4. The fraction of sp³-hybridized carbons (Fsp3) is 0. The Kier molecular flexibility index (Phi) is 10.6. The number of phenolic OH excluding ortho intramolecular Hbond substituents is 2. The molecule has 6 rings (SSSR count). The Hall–Kier alpha value is -6.38. The first-order valence-corrected chi connectivity index (χ1v) is 21.4. The zero-order valence-electron chi connectivity index (χ0n) is 28.5. The molecule has 0 saturated carbocycles. The molecule has 0 spiro atoms. The Morgan fingerprint density at radius 3 is 1.17 bits per heavy atom. The molecule has 0 aliphatic heterocycles. The van der Waals surface area contributed by atoms with Crippen molar-refractivity contribution in [3.8, 4) is 11.5 Å². The van der Waals surface area contributed by atoms with Crippen molar-refractivity contribution in [3.05, 3.63) is 107 Å². The van der Waals surface area contributed by atoms with Gasteiger partial charge in [0.1, 0.15) is 30.6 Å². The van der Waals surface area contributed by atoms with Crippen LogP contribution in [0.2, 0.25) is 0 Å². The van der Waals surface area contributed by atoms with Crippen LogP contribution in [0.15, 0.2) is 105 Å². The molecule has 4 aromatic carbocycles. The van der Waals surface area contributed by atoms with Crippen molar-refractivity contribution in [2.24, 2.45) is 0 Å². The zero-order chi connectivity index (χ0) is 42.5. The number of carbonyl (C=O) groups excluding carboxylic acids is 2. The number of anilines is 2. The number of nitrogens with zero attached hydrogens (tertiary/aromatic N) is 2. The minimum Gasteiger partial charge on any atom is -0.505 e. The molecule has 0 fully saturated rings. The number of phenols is 2. The number of fused-ring (bicyclic) bond motifs is 2. The molecule has 8 N–H and O–H groups in total. The van der Waals surface area contributed by atoms with Gasteiger partial charge in [-0.05, 0) is 71.8 Å². The van der Waals surface area contributed by atoms with E-state index in [1.165, 1.54) is 36.7 Å². The lowest BCUT2D eigenvalue weighted by Crippen LogP contribution is -2.14. The van der Waals surface area contributed by atoms with E-state index in [9.17, 15) is 71.7 Å². The maximum atomic E-state index is 13.2. The van der Waals surface area contributed by atoms with E-state index in [1.54, 1.807) is 0 Å². The summed E-state index contributed by atoms with van der Waals surface area (Å²) < 4.78 is 137. The van der Waals surface area contributed by atoms with E-state index in [2.05, 4.69) is 20.6 Å². The average Bonchev–Trinajstić information content (AvgIpc) is 3.13. The average molecular weight is 873 g/mol. The minimum absolute atomic E-state index is 0.212. The molecule has 2 aromatic heterocycles. The van der Waals surface area contributed by atoms with Gasteiger partial charge in [0.05, 0.1) is 11.1 Å². The normalized spacial score (nSPS) is 12.6. The minimum atomic E-state index is -5.11. The molecule has 20 nitrogen and oxygen atoms in total. The lowest BCUT2D eigenvalue weighted by atomic mass is 10.1. The van der Waals surface area contributed by atoms with Crippen molar-refractivity contribution < 1.29 is 71.7 Å². The van der Waals surface area contributed by atoms with E-state index in [1.807, 2.05) is 0 Å². The quantitative estimate of drug-likeness (QED) is 0.0715. The van der Waals surface area contributed by atoms with Crippen LogP contribution in [-0.4, -0.2) is 83.9 Å². The Balaban J connectivity index is 1.32. The largest absolute Gasteiger partial charge is 0.505 e. The standard InChI is InChI=1S/C34H24N4O16S4/c39-31-23(15-27(57(49,50)51)21-3-1-11-35-29(21)31)33(41)37-19-9-7-17(25(13-19)55(43,44)45)5-6-18-8-10-20(14-26(18)56(46,47)48)38-34(42)24-16-28(58(52,53)54)22-4-2-12-36-30(22)32(24)40/h1-16,39-40H,(H,37,41)(H,38,42)(H,43,44,45)(H,46,47,48)(H,49,50,51)(H,52,53,54)/b6-5-. The van der Waals surface area contributed by atoms with Crippen LogP contribution in [0, 0.1) is 0 Å². The SMILES string of the molecule is O=C(Nc1ccc(/C=C\c2ccc(NC(=O)c3cc(S(=O)(=O)O)c4cccnc4c3O)cc2S(=O)(=O)O)c(S(=O)(=O)O)c1)c1cc(S(=O)(=O)O)c2cccnc2c1O. The van der Waals surface area contributed by atoms with Crippen LogP contribution in [-0.2, 0) is 40.5 Å². The third kappa shape index (κ3) is 8.34. The van der Waals surface area contributed by atoms with Crippen molar-refractivity contribution in [2.45, 2.75) is 19.6 Å². The molecule has 0 unspecified atom stereocenters. The van der Waals surface area contributed by atoms with E-state index in [4.69, 9.17) is 0 Å². The number of nitrogens with one attached hydrogen (secondary N) is 2. The van der Waals surface area contributed by atoms with Gasteiger partial charge < -0.3 is 20.8 Å². The van der Waals surface area contributed by atoms with Crippen LogP contribution in [0.25, 0.3) is 34.0 Å². The Bertz CT molecular complexity index is 3030. The zero-order valence-corrected chi connectivity index (χ0v) is 31.8. The second kappa shape index (κ2) is 14.8. The van der Waals surface area contributed by atoms with E-state index in [0.717, 1.165) is 48.6 Å². The number of benzene rings is 4. The fourth-order valence-electron chi connectivity index (χ4n) is 5.69. The number of hydrogen-bond acceptors (Lipinski definition) is 14. The van der Waals surface area contributed by atoms with Gasteiger partial charge in [0.15, 0.2) is 11.5 Å². The predicted molar refractivity (Wildman–Crippen MR) is 204 cm³/mol. The summed E-state index contributed by atoms with van der Waals surface area (Å²) in [5.41, 5.74) is -3.36. The van der Waals surface area contributed by atoms with E-state index >= 15 is 0 Å². The van der Waals surface area contributed by atoms with Crippen molar-refractivity contribution in [3.63, 3.8) is 0 Å². The molecule has 0 aliphatic rings. The summed E-state index contributed by atoms with van der Waals surface area (Å²) in [6.07, 6.45) is 4.34. The smallest absolute Gasteiger partial charge is 0.295 e. The van der Waals surface area contributed by atoms with Crippen molar-refractivity contribution in [1.29, 1.82) is 0 Å². The highest BCUT2D eigenvalue weighted by Gasteiger charge is 2.26. The number of aromatic hydroxyl groups is 2. The van der Waals surface area contributed by atoms with Gasteiger partial charge in [0.2, 0.25) is 0 Å². The number of hydrogen-bond donors (Lipinski definition) is 8. The highest BCUT2D eigenvalue weighted by atomic mass is 32.2. The molecule has 0 radical (unpaired) electrons. The number of pyridine rings is 2. The highest BCUT2D eigenvalue weighted by molar-refractivity contribution is 7.86. The topological polar surface area (TPSA) is 342 Å². The van der Waals surface area contributed by atoms with Gasteiger partial charge in [0, 0.05) is 34.5 Å². The third-order valence-corrected chi connectivity index (χ3v) is 11.8. The van der Waals surface area contributed by atoms with E-state index in [0.29, 0.717) is 12.1 Å². The molecule has 0 bridgehead atoms. The van der Waals surface area contributed by atoms with Gasteiger partial charge in [-0.15, -0.1) is 0 Å². The lowest BCUT2D eigenvalue weighted by molar-refractivity contribution is 0.101.